The highest BCUT2D eigenvalue weighted by Gasteiger charge is 2.55. The molecule has 1 spiro atoms. The molecule has 3 aromatic rings. The van der Waals surface area contributed by atoms with Crippen LogP contribution in [-0.2, 0) is 24.9 Å². The first-order chi connectivity index (χ1) is 15.6. The molecule has 164 valence electrons. The molecule has 5 heteroatoms. The van der Waals surface area contributed by atoms with Crippen molar-refractivity contribution in [3.05, 3.63) is 95.3 Å². The number of carbonyl (C=O) groups excluding carboxylic acids is 2. The zero-order valence-electron chi connectivity index (χ0n) is 18.5. The predicted octanol–water partition coefficient (Wildman–Crippen LogP) is 4.39. The Bertz CT molecular complexity index is 1130. The van der Waals surface area contributed by atoms with E-state index in [1.807, 2.05) is 77.3 Å². The van der Waals surface area contributed by atoms with Gasteiger partial charge in [-0.15, -0.1) is 0 Å². The fourth-order valence-corrected chi connectivity index (χ4v) is 5.62. The van der Waals surface area contributed by atoms with Crippen LogP contribution in [0, 0.1) is 0 Å². The lowest BCUT2D eigenvalue weighted by Gasteiger charge is -2.50. The van der Waals surface area contributed by atoms with Crippen LogP contribution in [0.25, 0.3) is 0 Å². The lowest BCUT2D eigenvalue weighted by atomic mass is 9.71. The molecule has 1 atom stereocenters. The molecule has 2 aliphatic rings. The quantitative estimate of drug-likeness (QED) is 0.656. The molecule has 0 saturated heterocycles. The molecule has 2 heterocycles. The van der Waals surface area contributed by atoms with Crippen LogP contribution in [0.5, 0.6) is 0 Å². The number of rotatable bonds is 5. The van der Waals surface area contributed by atoms with Gasteiger partial charge < -0.3 is 14.8 Å². The van der Waals surface area contributed by atoms with Crippen LogP contribution < -0.4 is 5.32 Å². The molecule has 1 saturated carbocycles. The predicted molar refractivity (Wildman–Crippen MR) is 124 cm³/mol. The SMILES string of the molecule is Cn1cccc1CNC(=O)C1c2ccccc2C(=O)N(Cc2ccccc2)C12CCCC2. The van der Waals surface area contributed by atoms with Gasteiger partial charge in [-0.3, -0.25) is 9.59 Å². The van der Waals surface area contributed by atoms with E-state index in [4.69, 9.17) is 0 Å². The Morgan fingerprint density at radius 3 is 2.44 bits per heavy atom. The van der Waals surface area contributed by atoms with Gasteiger partial charge in [0, 0.05) is 31.0 Å². The Hall–Kier alpha value is -3.34. The lowest BCUT2D eigenvalue weighted by molar-refractivity contribution is -0.126. The summed E-state index contributed by atoms with van der Waals surface area (Å²) in [6, 6.07) is 21.8. The lowest BCUT2D eigenvalue weighted by Crippen LogP contribution is -2.60. The molecule has 1 N–H and O–H groups in total. The molecule has 1 unspecified atom stereocenters. The standard InChI is InChI=1S/C27H29N3O2/c1-29-17-9-12-21(29)18-28-25(31)24-22-13-5-6-14-23(22)26(32)30(27(24)15-7-8-16-27)19-20-10-3-2-4-11-20/h2-6,9-14,17,24H,7-8,15-16,18-19H2,1H3,(H,28,31). The first-order valence-corrected chi connectivity index (χ1v) is 11.4. The van der Waals surface area contributed by atoms with Gasteiger partial charge in [-0.25, -0.2) is 0 Å². The minimum absolute atomic E-state index is 0.00566. The Morgan fingerprint density at radius 1 is 1.00 bits per heavy atom. The number of amides is 2. The van der Waals surface area contributed by atoms with E-state index in [2.05, 4.69) is 17.4 Å². The summed E-state index contributed by atoms with van der Waals surface area (Å²) in [7, 11) is 1.98. The van der Waals surface area contributed by atoms with Crippen LogP contribution in [0.15, 0.2) is 72.9 Å². The van der Waals surface area contributed by atoms with Crippen LogP contribution in [-0.4, -0.2) is 26.8 Å². The maximum absolute atomic E-state index is 13.8. The summed E-state index contributed by atoms with van der Waals surface area (Å²) in [5.74, 6) is -0.327. The second-order valence-electron chi connectivity index (χ2n) is 9.04. The number of benzene rings is 2. The van der Waals surface area contributed by atoms with Gasteiger partial charge in [0.2, 0.25) is 5.91 Å². The average molecular weight is 428 g/mol. The van der Waals surface area contributed by atoms with Gasteiger partial charge in [0.05, 0.1) is 18.0 Å². The molecule has 2 amide bonds. The van der Waals surface area contributed by atoms with Crippen molar-refractivity contribution < 1.29 is 9.59 Å². The van der Waals surface area contributed by atoms with E-state index in [0.717, 1.165) is 42.5 Å². The van der Waals surface area contributed by atoms with Crippen molar-refractivity contribution in [2.75, 3.05) is 0 Å². The number of hydrogen-bond acceptors (Lipinski definition) is 2. The van der Waals surface area contributed by atoms with E-state index < -0.39 is 5.54 Å². The second kappa shape index (κ2) is 8.30. The van der Waals surface area contributed by atoms with Crippen molar-refractivity contribution in [2.24, 2.45) is 7.05 Å². The maximum atomic E-state index is 13.8. The van der Waals surface area contributed by atoms with Gasteiger partial charge >= 0.3 is 0 Å². The van der Waals surface area contributed by atoms with Crippen LogP contribution in [0.2, 0.25) is 0 Å². The summed E-state index contributed by atoms with van der Waals surface area (Å²) in [5.41, 5.74) is 3.18. The summed E-state index contributed by atoms with van der Waals surface area (Å²) in [6.07, 6.45) is 5.74. The molecule has 5 rings (SSSR count). The van der Waals surface area contributed by atoms with Crippen molar-refractivity contribution in [1.82, 2.24) is 14.8 Å². The smallest absolute Gasteiger partial charge is 0.254 e. The number of nitrogens with one attached hydrogen (secondary N) is 1. The van der Waals surface area contributed by atoms with Gasteiger partial charge in [-0.05, 0) is 42.2 Å². The van der Waals surface area contributed by atoms with Crippen molar-refractivity contribution in [3.63, 3.8) is 0 Å². The van der Waals surface area contributed by atoms with E-state index in [9.17, 15) is 9.59 Å². The molecule has 1 aliphatic carbocycles. The molecule has 1 fully saturated rings. The normalized spacial score (nSPS) is 19.2. The Labute approximate surface area is 189 Å². The van der Waals surface area contributed by atoms with Crippen LogP contribution in [0.3, 0.4) is 0 Å². The topological polar surface area (TPSA) is 54.3 Å². The number of aryl methyl sites for hydroxylation is 1. The van der Waals surface area contributed by atoms with Gasteiger partial charge in [0.15, 0.2) is 0 Å². The Balaban J connectivity index is 1.55. The van der Waals surface area contributed by atoms with E-state index in [1.54, 1.807) is 0 Å². The summed E-state index contributed by atoms with van der Waals surface area (Å²) < 4.78 is 2.02. The number of fused-ring (bicyclic) bond motifs is 1. The minimum atomic E-state index is -0.487. The first-order valence-electron chi connectivity index (χ1n) is 11.4. The van der Waals surface area contributed by atoms with E-state index >= 15 is 0 Å². The number of aromatic nitrogens is 1. The highest BCUT2D eigenvalue weighted by Crippen LogP contribution is 2.50. The van der Waals surface area contributed by atoms with Crippen LogP contribution in [0.4, 0.5) is 0 Å². The number of nitrogens with zero attached hydrogens (tertiary/aromatic N) is 2. The van der Waals surface area contributed by atoms with E-state index in [-0.39, 0.29) is 17.7 Å². The highest BCUT2D eigenvalue weighted by molar-refractivity contribution is 6.02. The number of hydrogen-bond donors (Lipinski definition) is 1. The van der Waals surface area contributed by atoms with Crippen molar-refractivity contribution in [3.8, 4) is 0 Å². The number of carbonyl (C=O) groups is 2. The second-order valence-corrected chi connectivity index (χ2v) is 9.04. The van der Waals surface area contributed by atoms with E-state index in [1.165, 1.54) is 0 Å². The molecule has 0 radical (unpaired) electrons. The van der Waals surface area contributed by atoms with Crippen molar-refractivity contribution in [2.45, 2.75) is 50.2 Å². The highest BCUT2D eigenvalue weighted by atomic mass is 16.2. The molecular weight excluding hydrogens is 398 g/mol. The van der Waals surface area contributed by atoms with Crippen LogP contribution in [0.1, 0.15) is 58.8 Å². The molecule has 2 aromatic carbocycles. The molecule has 5 nitrogen and oxygen atoms in total. The fourth-order valence-electron chi connectivity index (χ4n) is 5.62. The summed E-state index contributed by atoms with van der Waals surface area (Å²) in [5, 5.41) is 3.19. The van der Waals surface area contributed by atoms with Crippen molar-refractivity contribution in [1.29, 1.82) is 0 Å². The van der Waals surface area contributed by atoms with Gasteiger partial charge in [-0.1, -0.05) is 61.4 Å². The molecule has 0 bridgehead atoms. The van der Waals surface area contributed by atoms with E-state index in [0.29, 0.717) is 18.7 Å². The van der Waals surface area contributed by atoms with Crippen LogP contribution >= 0.6 is 0 Å². The third kappa shape index (κ3) is 3.42. The van der Waals surface area contributed by atoms with Gasteiger partial charge in [0.1, 0.15) is 0 Å². The summed E-state index contributed by atoms with van der Waals surface area (Å²) >= 11 is 0. The zero-order chi connectivity index (χ0) is 22.1. The largest absolute Gasteiger partial charge is 0.353 e. The Morgan fingerprint density at radius 2 is 1.72 bits per heavy atom. The third-order valence-electron chi connectivity index (χ3n) is 7.23. The molecule has 1 aromatic heterocycles. The fraction of sp³-hybridized carbons (Fsp3) is 0.333. The molecule has 1 aliphatic heterocycles. The maximum Gasteiger partial charge on any atom is 0.254 e. The Kier molecular flexibility index (Phi) is 5.33. The van der Waals surface area contributed by atoms with Gasteiger partial charge in [-0.2, -0.15) is 0 Å². The average Bonchev–Trinajstić information content (AvgIpc) is 3.46. The van der Waals surface area contributed by atoms with Gasteiger partial charge in [0.25, 0.3) is 5.91 Å². The monoisotopic (exact) mass is 427 g/mol. The summed E-state index contributed by atoms with van der Waals surface area (Å²) in [4.78, 5) is 29.5. The first kappa shape index (κ1) is 20.6. The molecule has 32 heavy (non-hydrogen) atoms. The zero-order valence-corrected chi connectivity index (χ0v) is 18.5. The third-order valence-corrected chi connectivity index (χ3v) is 7.23. The minimum Gasteiger partial charge on any atom is -0.353 e. The van der Waals surface area contributed by atoms with Crippen molar-refractivity contribution >= 4 is 11.8 Å². The molecular formula is C27H29N3O2. The summed E-state index contributed by atoms with van der Waals surface area (Å²) in [6.45, 7) is 0.999.